The van der Waals surface area contributed by atoms with Crippen LogP contribution in [0.2, 0.25) is 0 Å². The number of hydrogen-bond donors (Lipinski definition) is 1. The zero-order chi connectivity index (χ0) is 9.97. The van der Waals surface area contributed by atoms with Gasteiger partial charge in [0.2, 0.25) is 5.91 Å². The Morgan fingerprint density at radius 2 is 2.43 bits per heavy atom. The topological polar surface area (TPSA) is 32.3 Å². The summed E-state index contributed by atoms with van der Waals surface area (Å²) in [4.78, 5) is 14.0. The number of nitrogens with one attached hydrogen (secondary N) is 1. The highest BCUT2D eigenvalue weighted by Gasteiger charge is 2.31. The molecule has 1 amide bonds. The van der Waals surface area contributed by atoms with Crippen molar-refractivity contribution in [2.75, 3.05) is 18.1 Å². The fourth-order valence-electron chi connectivity index (χ4n) is 2.25. The van der Waals surface area contributed by atoms with Gasteiger partial charge in [-0.25, -0.2) is 0 Å². The molecule has 0 radical (unpaired) electrons. The molecule has 0 bridgehead atoms. The molecular formula is C10H18N2OS. The second-order valence-corrected chi connectivity index (χ2v) is 5.24. The van der Waals surface area contributed by atoms with Crippen LogP contribution in [0.25, 0.3) is 0 Å². The van der Waals surface area contributed by atoms with Crippen LogP contribution in [-0.4, -0.2) is 41.1 Å². The van der Waals surface area contributed by atoms with Gasteiger partial charge >= 0.3 is 0 Å². The molecule has 2 fully saturated rings. The molecule has 2 aliphatic rings. The van der Waals surface area contributed by atoms with E-state index in [0.29, 0.717) is 24.5 Å². The predicted octanol–water partition coefficient (Wildman–Crippen LogP) is 1.05. The van der Waals surface area contributed by atoms with E-state index < -0.39 is 0 Å². The first-order chi connectivity index (χ1) is 6.79. The van der Waals surface area contributed by atoms with E-state index in [1.807, 2.05) is 11.8 Å². The van der Waals surface area contributed by atoms with Crippen LogP contribution in [0.4, 0.5) is 0 Å². The number of hydrogen-bond acceptors (Lipinski definition) is 3. The lowest BCUT2D eigenvalue weighted by Gasteiger charge is -2.32. The van der Waals surface area contributed by atoms with Gasteiger partial charge in [0.05, 0.1) is 6.17 Å². The van der Waals surface area contributed by atoms with E-state index in [0.717, 1.165) is 24.5 Å². The van der Waals surface area contributed by atoms with Gasteiger partial charge in [-0.15, -0.1) is 0 Å². The van der Waals surface area contributed by atoms with E-state index in [-0.39, 0.29) is 0 Å². The van der Waals surface area contributed by atoms with Crippen molar-refractivity contribution in [3.63, 3.8) is 0 Å². The summed E-state index contributed by atoms with van der Waals surface area (Å²) in [6.07, 6.45) is 3.36. The lowest BCUT2D eigenvalue weighted by molar-refractivity contribution is -0.135. The molecule has 0 aromatic heterocycles. The van der Waals surface area contributed by atoms with E-state index in [4.69, 9.17) is 0 Å². The van der Waals surface area contributed by atoms with Crippen LogP contribution < -0.4 is 5.32 Å². The fourth-order valence-corrected chi connectivity index (χ4v) is 3.24. The van der Waals surface area contributed by atoms with Crippen LogP contribution in [0, 0.1) is 0 Å². The predicted molar refractivity (Wildman–Crippen MR) is 59.3 cm³/mol. The number of rotatable bonds is 1. The van der Waals surface area contributed by atoms with Crippen molar-refractivity contribution in [1.82, 2.24) is 10.2 Å². The van der Waals surface area contributed by atoms with Gasteiger partial charge in [0.15, 0.2) is 0 Å². The number of carbonyl (C=O) groups excluding carboxylic acids is 1. The first-order valence-electron chi connectivity index (χ1n) is 5.41. The standard InChI is InChI=1S/C10H18N2OS/c1-8-7-14-6-4-10(13)12(8)9-3-2-5-11-9/h8-9,11H,2-7H2,1H3. The first kappa shape index (κ1) is 10.3. The van der Waals surface area contributed by atoms with Gasteiger partial charge in [0, 0.05) is 24.0 Å². The molecule has 14 heavy (non-hydrogen) atoms. The van der Waals surface area contributed by atoms with E-state index >= 15 is 0 Å². The molecule has 0 aliphatic carbocycles. The van der Waals surface area contributed by atoms with Crippen LogP contribution >= 0.6 is 11.8 Å². The molecule has 2 atom stereocenters. The summed E-state index contributed by atoms with van der Waals surface area (Å²) in [6, 6.07) is 0.394. The maximum Gasteiger partial charge on any atom is 0.224 e. The normalized spacial score (nSPS) is 34.6. The molecule has 0 aromatic rings. The minimum Gasteiger partial charge on any atom is -0.324 e. The number of nitrogens with zero attached hydrogens (tertiary/aromatic N) is 1. The van der Waals surface area contributed by atoms with Crippen molar-refractivity contribution < 1.29 is 4.79 Å². The number of amides is 1. The lowest BCUT2D eigenvalue weighted by atomic mass is 10.2. The van der Waals surface area contributed by atoms with Crippen LogP contribution in [0.1, 0.15) is 26.2 Å². The van der Waals surface area contributed by atoms with Gasteiger partial charge in [-0.05, 0) is 26.3 Å². The Bertz CT molecular complexity index is 216. The summed E-state index contributed by atoms with van der Waals surface area (Å²) in [6.45, 7) is 3.23. The van der Waals surface area contributed by atoms with E-state index in [2.05, 4.69) is 17.1 Å². The summed E-state index contributed by atoms with van der Waals surface area (Å²) in [5.41, 5.74) is 0. The summed E-state index contributed by atoms with van der Waals surface area (Å²) >= 11 is 1.90. The Hall–Kier alpha value is -0.220. The van der Waals surface area contributed by atoms with E-state index in [1.54, 1.807) is 0 Å². The molecule has 4 heteroatoms. The Morgan fingerprint density at radius 1 is 1.57 bits per heavy atom. The molecule has 0 aromatic carbocycles. The maximum absolute atomic E-state index is 11.9. The third kappa shape index (κ3) is 2.06. The van der Waals surface area contributed by atoms with Crippen molar-refractivity contribution in [3.05, 3.63) is 0 Å². The fraction of sp³-hybridized carbons (Fsp3) is 0.900. The minimum absolute atomic E-state index is 0.316. The molecule has 80 valence electrons. The minimum atomic E-state index is 0.316. The van der Waals surface area contributed by atoms with E-state index in [9.17, 15) is 4.79 Å². The second-order valence-electron chi connectivity index (χ2n) is 4.09. The smallest absolute Gasteiger partial charge is 0.224 e. The highest BCUT2D eigenvalue weighted by Crippen LogP contribution is 2.22. The van der Waals surface area contributed by atoms with Crippen molar-refractivity contribution in [1.29, 1.82) is 0 Å². The molecule has 2 heterocycles. The maximum atomic E-state index is 11.9. The third-order valence-electron chi connectivity index (χ3n) is 2.95. The lowest BCUT2D eigenvalue weighted by Crippen LogP contribution is -2.50. The monoisotopic (exact) mass is 214 g/mol. The number of thioether (sulfide) groups is 1. The molecule has 2 aliphatic heterocycles. The van der Waals surface area contributed by atoms with Crippen molar-refractivity contribution >= 4 is 17.7 Å². The third-order valence-corrected chi connectivity index (χ3v) is 4.16. The van der Waals surface area contributed by atoms with Crippen molar-refractivity contribution in [2.45, 2.75) is 38.4 Å². The number of carbonyl (C=O) groups is 1. The Balaban J connectivity index is 2.06. The van der Waals surface area contributed by atoms with Crippen LogP contribution in [-0.2, 0) is 4.79 Å². The van der Waals surface area contributed by atoms with Crippen molar-refractivity contribution in [3.8, 4) is 0 Å². The highest BCUT2D eigenvalue weighted by atomic mass is 32.2. The molecule has 1 N–H and O–H groups in total. The molecule has 0 spiro atoms. The first-order valence-corrected chi connectivity index (χ1v) is 6.57. The summed E-state index contributed by atoms with van der Waals surface area (Å²) in [5.74, 6) is 2.41. The molecule has 3 nitrogen and oxygen atoms in total. The average Bonchev–Trinajstić information content (AvgIpc) is 2.61. The van der Waals surface area contributed by atoms with Crippen molar-refractivity contribution in [2.24, 2.45) is 0 Å². The summed E-state index contributed by atoms with van der Waals surface area (Å²) < 4.78 is 0. The van der Waals surface area contributed by atoms with Crippen LogP contribution in [0.3, 0.4) is 0 Å². The van der Waals surface area contributed by atoms with Crippen LogP contribution in [0.15, 0.2) is 0 Å². The van der Waals surface area contributed by atoms with Gasteiger partial charge < -0.3 is 4.90 Å². The molecule has 2 rings (SSSR count). The Morgan fingerprint density at radius 3 is 3.14 bits per heavy atom. The highest BCUT2D eigenvalue weighted by molar-refractivity contribution is 7.99. The zero-order valence-corrected chi connectivity index (χ0v) is 9.48. The second kappa shape index (κ2) is 4.53. The largest absolute Gasteiger partial charge is 0.324 e. The summed E-state index contributed by atoms with van der Waals surface area (Å²) in [7, 11) is 0. The van der Waals surface area contributed by atoms with Gasteiger partial charge in [-0.2, -0.15) is 11.8 Å². The van der Waals surface area contributed by atoms with Gasteiger partial charge in [0.25, 0.3) is 0 Å². The average molecular weight is 214 g/mol. The quantitative estimate of drug-likeness (QED) is 0.708. The van der Waals surface area contributed by atoms with Crippen LogP contribution in [0.5, 0.6) is 0 Å². The molecular weight excluding hydrogens is 196 g/mol. The van der Waals surface area contributed by atoms with E-state index in [1.165, 1.54) is 6.42 Å². The summed E-state index contributed by atoms with van der Waals surface area (Å²) in [5, 5.41) is 3.41. The molecule has 0 saturated carbocycles. The van der Waals surface area contributed by atoms with Gasteiger partial charge in [-0.1, -0.05) is 0 Å². The zero-order valence-electron chi connectivity index (χ0n) is 8.66. The molecule has 2 unspecified atom stereocenters. The SMILES string of the molecule is CC1CSCCC(=O)N1C1CCCN1. The van der Waals surface area contributed by atoms with Gasteiger partial charge in [-0.3, -0.25) is 10.1 Å². The Labute approximate surface area is 89.6 Å². The molecule has 2 saturated heterocycles. The van der Waals surface area contributed by atoms with Gasteiger partial charge in [0.1, 0.15) is 0 Å². The Kier molecular flexibility index (Phi) is 3.34.